The van der Waals surface area contributed by atoms with E-state index in [2.05, 4.69) is 151 Å². The van der Waals surface area contributed by atoms with Crippen molar-refractivity contribution in [2.45, 2.75) is 125 Å². The lowest BCUT2D eigenvalue weighted by atomic mass is 9.92. The number of fused-ring (bicyclic) bond motifs is 2. The van der Waals surface area contributed by atoms with Crippen molar-refractivity contribution in [3.05, 3.63) is 114 Å². The molecule has 2 unspecified atom stereocenters. The van der Waals surface area contributed by atoms with Crippen LogP contribution in [-0.2, 0) is 0 Å². The summed E-state index contributed by atoms with van der Waals surface area (Å²) in [4.78, 5) is 0. The SMILES string of the molecule is CC1=Cc2c(-c3cccc4c3C=C(C(C)C)C4[Si](C)(C)C3C(C)=C(C)C(C)=C3C)cccc2C1[Si](C)(C)C1C(C)=C(C)C(C)=C1C. The van der Waals surface area contributed by atoms with Crippen molar-refractivity contribution in [1.82, 2.24) is 0 Å². The van der Waals surface area contributed by atoms with E-state index in [-0.39, 0.29) is 0 Å². The lowest BCUT2D eigenvalue weighted by Gasteiger charge is -2.41. The van der Waals surface area contributed by atoms with Gasteiger partial charge in [0, 0.05) is 11.1 Å². The second kappa shape index (κ2) is 11.2. The minimum absolute atomic E-state index is 0.528. The highest BCUT2D eigenvalue weighted by molar-refractivity contribution is 6.83. The topological polar surface area (TPSA) is 0 Å². The Morgan fingerprint density at radius 2 is 0.848 bits per heavy atom. The fourth-order valence-corrected chi connectivity index (χ4v) is 21.7. The quantitative estimate of drug-likeness (QED) is 0.275. The largest absolute Gasteiger partial charge is 0.0718 e. The van der Waals surface area contributed by atoms with Gasteiger partial charge >= 0.3 is 0 Å². The third-order valence-corrected chi connectivity index (χ3v) is 22.6. The first-order valence-electron chi connectivity index (χ1n) is 17.8. The molecule has 0 saturated heterocycles. The van der Waals surface area contributed by atoms with Gasteiger partial charge in [-0.3, -0.25) is 0 Å². The van der Waals surface area contributed by atoms with E-state index in [0.29, 0.717) is 28.1 Å². The van der Waals surface area contributed by atoms with E-state index < -0.39 is 16.1 Å². The molecule has 2 heteroatoms. The summed E-state index contributed by atoms with van der Waals surface area (Å²) >= 11 is 0. The van der Waals surface area contributed by atoms with Gasteiger partial charge < -0.3 is 0 Å². The molecule has 0 radical (unpaired) electrons. The number of allylic oxidation sites excluding steroid dienone is 10. The predicted octanol–water partition coefficient (Wildman–Crippen LogP) is 13.6. The van der Waals surface area contributed by atoms with Gasteiger partial charge in [0.2, 0.25) is 0 Å². The smallest absolute Gasteiger partial charge is 0.0679 e. The number of benzene rings is 2. The molecule has 0 fully saturated rings. The van der Waals surface area contributed by atoms with Crippen molar-refractivity contribution in [1.29, 1.82) is 0 Å². The summed E-state index contributed by atoms with van der Waals surface area (Å²) in [5.74, 6) is 0.528. The molecule has 0 saturated carbocycles. The van der Waals surface area contributed by atoms with Crippen LogP contribution in [0.1, 0.15) is 109 Å². The highest BCUT2D eigenvalue weighted by atomic mass is 28.3. The average Bonchev–Trinajstić information content (AvgIpc) is 3.67. The Morgan fingerprint density at radius 1 is 0.478 bits per heavy atom. The first kappa shape index (κ1) is 33.2. The Balaban J connectivity index is 1.48. The van der Waals surface area contributed by atoms with E-state index in [4.69, 9.17) is 0 Å². The Morgan fingerprint density at radius 3 is 1.26 bits per heavy atom. The van der Waals surface area contributed by atoms with Crippen molar-refractivity contribution >= 4 is 28.3 Å². The highest BCUT2D eigenvalue weighted by Crippen LogP contribution is 2.58. The molecule has 2 atom stereocenters. The normalized spacial score (nSPS) is 22.6. The van der Waals surface area contributed by atoms with Crippen molar-refractivity contribution in [2.75, 3.05) is 0 Å². The molecule has 0 heterocycles. The van der Waals surface area contributed by atoms with Crippen LogP contribution >= 0.6 is 0 Å². The van der Waals surface area contributed by atoms with Crippen LogP contribution in [0.4, 0.5) is 0 Å². The maximum absolute atomic E-state index is 2.68. The summed E-state index contributed by atoms with van der Waals surface area (Å²) in [5.41, 5.74) is 27.1. The number of rotatable bonds is 6. The fourth-order valence-electron chi connectivity index (χ4n) is 11.0. The molecular formula is C44H58Si2. The van der Waals surface area contributed by atoms with Crippen LogP contribution in [-0.4, -0.2) is 16.1 Å². The van der Waals surface area contributed by atoms with E-state index in [1.807, 2.05) is 0 Å². The minimum atomic E-state index is -1.85. The summed E-state index contributed by atoms with van der Waals surface area (Å²) < 4.78 is 0. The summed E-state index contributed by atoms with van der Waals surface area (Å²) in [5, 5.41) is 0. The van der Waals surface area contributed by atoms with Crippen LogP contribution in [0.3, 0.4) is 0 Å². The maximum Gasteiger partial charge on any atom is 0.0718 e. The molecule has 0 bridgehead atoms. The molecule has 4 aliphatic rings. The monoisotopic (exact) mass is 642 g/mol. The van der Waals surface area contributed by atoms with E-state index in [1.165, 1.54) is 44.5 Å². The second-order valence-corrected chi connectivity index (χ2v) is 26.5. The zero-order chi connectivity index (χ0) is 33.8. The van der Waals surface area contributed by atoms with E-state index in [9.17, 15) is 0 Å². The van der Waals surface area contributed by atoms with Crippen LogP contribution in [0.5, 0.6) is 0 Å². The molecule has 0 spiro atoms. The molecular weight excluding hydrogens is 585 g/mol. The van der Waals surface area contributed by atoms with E-state index in [1.54, 1.807) is 44.6 Å². The second-order valence-electron chi connectivity index (χ2n) is 16.9. The van der Waals surface area contributed by atoms with Gasteiger partial charge in [0.05, 0.1) is 16.1 Å². The number of hydrogen-bond donors (Lipinski definition) is 0. The van der Waals surface area contributed by atoms with Crippen LogP contribution in [0.2, 0.25) is 37.3 Å². The van der Waals surface area contributed by atoms with Gasteiger partial charge in [0.15, 0.2) is 0 Å². The molecule has 0 aliphatic heterocycles. The van der Waals surface area contributed by atoms with Gasteiger partial charge in [-0.25, -0.2) is 0 Å². The van der Waals surface area contributed by atoms with Gasteiger partial charge in [-0.1, -0.05) is 122 Å². The Kier molecular flexibility index (Phi) is 8.09. The Labute approximate surface area is 283 Å². The van der Waals surface area contributed by atoms with Gasteiger partial charge in [0.25, 0.3) is 0 Å². The molecule has 2 aromatic carbocycles. The standard InChI is InChI=1S/C44H58Si2/c1-24(2)38-23-40-35(19-17-21-37(40)44(38)46(14,15)43-32(10)28(6)29(7)33(43)11)34-18-16-20-36-39(34)22-25(3)41(36)45(12,13)42-30(8)26(4)27(5)31(42)9/h16-24,41-44H,1-15H3. The summed E-state index contributed by atoms with van der Waals surface area (Å²) in [7, 11) is -3.66. The van der Waals surface area contributed by atoms with Crippen LogP contribution < -0.4 is 0 Å². The zero-order valence-electron chi connectivity index (χ0n) is 31.5. The maximum atomic E-state index is 2.68. The fraction of sp³-hybridized carbons (Fsp3) is 0.455. The summed E-state index contributed by atoms with van der Waals surface area (Å²) in [6, 6.07) is 14.5. The molecule has 0 nitrogen and oxygen atoms in total. The Bertz CT molecular complexity index is 1810. The summed E-state index contributed by atoms with van der Waals surface area (Å²) in [6.07, 6.45) is 5.20. The van der Waals surface area contributed by atoms with E-state index in [0.717, 1.165) is 0 Å². The lowest BCUT2D eigenvalue weighted by Crippen LogP contribution is -2.42. The molecule has 6 rings (SSSR count). The van der Waals surface area contributed by atoms with Crippen LogP contribution in [0.25, 0.3) is 23.3 Å². The average molecular weight is 643 g/mol. The molecule has 46 heavy (non-hydrogen) atoms. The van der Waals surface area contributed by atoms with Gasteiger partial charge in [-0.05, 0) is 135 Å². The van der Waals surface area contributed by atoms with Crippen molar-refractivity contribution < 1.29 is 0 Å². The first-order valence-corrected chi connectivity index (χ1v) is 24.1. The molecule has 2 aromatic rings. The molecule has 4 aliphatic carbocycles. The van der Waals surface area contributed by atoms with Gasteiger partial charge in [-0.15, -0.1) is 0 Å². The summed E-state index contributed by atoms with van der Waals surface area (Å²) in [6.45, 7) is 37.0. The van der Waals surface area contributed by atoms with Crippen molar-refractivity contribution in [3.63, 3.8) is 0 Å². The number of hydrogen-bond acceptors (Lipinski definition) is 0. The third kappa shape index (κ3) is 4.56. The van der Waals surface area contributed by atoms with Crippen molar-refractivity contribution in [2.24, 2.45) is 5.92 Å². The van der Waals surface area contributed by atoms with Crippen molar-refractivity contribution in [3.8, 4) is 11.1 Å². The third-order valence-electron chi connectivity index (χ3n) is 13.5. The van der Waals surface area contributed by atoms with Gasteiger partial charge in [-0.2, -0.15) is 0 Å². The van der Waals surface area contributed by atoms with Gasteiger partial charge in [0.1, 0.15) is 0 Å². The molecule has 0 amide bonds. The molecule has 0 N–H and O–H groups in total. The minimum Gasteiger partial charge on any atom is -0.0679 e. The van der Waals surface area contributed by atoms with E-state index >= 15 is 0 Å². The Hall–Kier alpha value is -2.69. The highest BCUT2D eigenvalue weighted by Gasteiger charge is 2.50. The predicted molar refractivity (Wildman–Crippen MR) is 210 cm³/mol. The molecule has 0 aromatic heterocycles. The lowest BCUT2D eigenvalue weighted by molar-refractivity contribution is 0.732. The zero-order valence-corrected chi connectivity index (χ0v) is 33.5. The van der Waals surface area contributed by atoms with Crippen LogP contribution in [0.15, 0.2) is 92.1 Å². The first-order chi connectivity index (χ1) is 21.4. The molecule has 242 valence electrons. The van der Waals surface area contributed by atoms with Crippen LogP contribution in [0, 0.1) is 5.92 Å².